The van der Waals surface area contributed by atoms with Gasteiger partial charge in [0.2, 0.25) is 5.91 Å². The van der Waals surface area contributed by atoms with Crippen molar-refractivity contribution in [2.24, 2.45) is 0 Å². The van der Waals surface area contributed by atoms with Crippen LogP contribution in [0.2, 0.25) is 0 Å². The van der Waals surface area contributed by atoms with E-state index < -0.39 is 29.8 Å². The predicted molar refractivity (Wildman–Crippen MR) is 120 cm³/mol. The lowest BCUT2D eigenvalue weighted by molar-refractivity contribution is -0.162. The van der Waals surface area contributed by atoms with Crippen LogP contribution in [0.1, 0.15) is 33.2 Å². The molecule has 2 unspecified atom stereocenters. The Morgan fingerprint density at radius 3 is 2.43 bits per heavy atom. The third-order valence-corrected chi connectivity index (χ3v) is 5.69. The number of hydrogen-bond acceptors (Lipinski definition) is 5. The van der Waals surface area contributed by atoms with Crippen LogP contribution in [0.15, 0.2) is 73.1 Å². The van der Waals surface area contributed by atoms with Crippen LogP contribution in [0, 0.1) is 0 Å². The summed E-state index contributed by atoms with van der Waals surface area (Å²) in [4.78, 5) is 30.5. The van der Waals surface area contributed by atoms with Crippen LogP contribution in [0.25, 0.3) is 0 Å². The van der Waals surface area contributed by atoms with E-state index in [1.165, 1.54) is 0 Å². The van der Waals surface area contributed by atoms with Crippen molar-refractivity contribution in [1.29, 1.82) is 0 Å². The number of alkyl halides is 3. The van der Waals surface area contributed by atoms with Crippen LogP contribution >= 0.6 is 0 Å². The largest absolute Gasteiger partial charge is 0.416 e. The summed E-state index contributed by atoms with van der Waals surface area (Å²) >= 11 is 0. The highest BCUT2D eigenvalue weighted by Gasteiger charge is 2.37. The number of halogens is 3. The minimum atomic E-state index is -4.48. The van der Waals surface area contributed by atoms with Gasteiger partial charge in [-0.3, -0.25) is 14.6 Å². The number of carbonyl (C=O) groups is 2. The van der Waals surface area contributed by atoms with Crippen LogP contribution in [-0.2, 0) is 22.3 Å². The molecule has 2 atom stereocenters. The number of nitrogens with zero attached hydrogens (tertiary/aromatic N) is 2. The van der Waals surface area contributed by atoms with E-state index in [4.69, 9.17) is 4.74 Å². The van der Waals surface area contributed by atoms with Crippen LogP contribution in [0.5, 0.6) is 0 Å². The molecule has 1 aliphatic heterocycles. The van der Waals surface area contributed by atoms with Gasteiger partial charge in [-0.2, -0.15) is 13.2 Å². The number of pyridine rings is 1. The van der Waals surface area contributed by atoms with Gasteiger partial charge < -0.3 is 20.1 Å². The predicted octanol–water partition coefficient (Wildman–Crippen LogP) is 3.81. The first kappa shape index (κ1) is 24.4. The van der Waals surface area contributed by atoms with Crippen LogP contribution < -0.4 is 5.32 Å². The quantitative estimate of drug-likeness (QED) is 0.554. The monoisotopic (exact) mass is 485 g/mol. The molecular formula is C25H22F3N3O4. The molecule has 2 heterocycles. The highest BCUT2D eigenvalue weighted by atomic mass is 19.4. The number of amides is 2. The van der Waals surface area contributed by atoms with Gasteiger partial charge >= 0.3 is 6.18 Å². The Balaban J connectivity index is 1.45. The molecular weight excluding hydrogens is 463 g/mol. The second-order valence-corrected chi connectivity index (χ2v) is 8.02. The summed E-state index contributed by atoms with van der Waals surface area (Å²) < 4.78 is 43.9. The van der Waals surface area contributed by atoms with Crippen LogP contribution in [0.3, 0.4) is 0 Å². The van der Waals surface area contributed by atoms with Gasteiger partial charge in [0.1, 0.15) is 12.7 Å². The fourth-order valence-electron chi connectivity index (χ4n) is 3.88. The molecule has 1 fully saturated rings. The summed E-state index contributed by atoms with van der Waals surface area (Å²) in [5.41, 5.74) is 1.20. The van der Waals surface area contributed by atoms with E-state index in [1.54, 1.807) is 47.6 Å². The molecule has 35 heavy (non-hydrogen) atoms. The molecule has 0 radical (unpaired) electrons. The molecule has 2 aromatic carbocycles. The van der Waals surface area contributed by atoms with E-state index in [1.807, 2.05) is 6.07 Å². The van der Waals surface area contributed by atoms with Crippen molar-refractivity contribution in [3.8, 4) is 0 Å². The molecule has 2 N–H and O–H groups in total. The second-order valence-electron chi connectivity index (χ2n) is 8.02. The van der Waals surface area contributed by atoms with Gasteiger partial charge in [-0.25, -0.2) is 0 Å². The Kier molecular flexibility index (Phi) is 7.13. The normalized spacial score (nSPS) is 18.4. The Labute approximate surface area is 199 Å². The Hall–Kier alpha value is -3.76. The van der Waals surface area contributed by atoms with Gasteiger partial charge in [-0.05, 0) is 53.6 Å². The smallest absolute Gasteiger partial charge is 0.394 e. The summed E-state index contributed by atoms with van der Waals surface area (Å²) in [5, 5.41) is 12.7. The van der Waals surface area contributed by atoms with Gasteiger partial charge in [0.15, 0.2) is 0 Å². The van der Waals surface area contributed by atoms with Gasteiger partial charge in [-0.15, -0.1) is 0 Å². The standard InChI is InChI=1S/C25H22F3N3O4/c26-25(27,28)19-7-3-18(4-8-19)24(34)30-20-9-5-17(6-10-20)23-21(14-32)31(22(33)15-35-23)13-16-2-1-11-29-12-16/h1-12,21,23,32H,13-15H2,(H,30,34). The molecule has 1 saturated heterocycles. The molecule has 1 aliphatic rings. The molecule has 0 aliphatic carbocycles. The Morgan fingerprint density at radius 1 is 1.11 bits per heavy atom. The second kappa shape index (κ2) is 10.2. The maximum atomic E-state index is 12.7. The fourth-order valence-corrected chi connectivity index (χ4v) is 3.88. The number of morpholine rings is 1. The van der Waals surface area contributed by atoms with Crippen LogP contribution in [0.4, 0.5) is 18.9 Å². The number of anilines is 1. The van der Waals surface area contributed by atoms with E-state index in [0.717, 1.165) is 29.8 Å². The van der Waals surface area contributed by atoms with E-state index in [9.17, 15) is 27.9 Å². The lowest BCUT2D eigenvalue weighted by Crippen LogP contribution is -2.52. The Morgan fingerprint density at radius 2 is 1.83 bits per heavy atom. The molecule has 10 heteroatoms. The molecule has 182 valence electrons. The van der Waals surface area contributed by atoms with Crippen LogP contribution in [-0.4, -0.2) is 46.1 Å². The van der Waals surface area contributed by atoms with Crippen molar-refractivity contribution in [3.63, 3.8) is 0 Å². The number of nitrogens with one attached hydrogen (secondary N) is 1. The number of ether oxygens (including phenoxy) is 1. The van der Waals surface area contributed by atoms with Crippen molar-refractivity contribution in [3.05, 3.63) is 95.3 Å². The number of aromatic nitrogens is 1. The topological polar surface area (TPSA) is 91.8 Å². The lowest BCUT2D eigenvalue weighted by Gasteiger charge is -2.40. The molecule has 4 rings (SSSR count). The van der Waals surface area contributed by atoms with Crippen molar-refractivity contribution in [2.75, 3.05) is 18.5 Å². The average molecular weight is 485 g/mol. The molecule has 0 bridgehead atoms. The summed E-state index contributed by atoms with van der Waals surface area (Å²) in [6, 6.07) is 13.6. The van der Waals surface area contributed by atoms with E-state index in [0.29, 0.717) is 11.3 Å². The van der Waals surface area contributed by atoms with Gasteiger partial charge in [0, 0.05) is 30.2 Å². The molecule has 2 amide bonds. The number of aliphatic hydroxyl groups excluding tert-OH is 1. The van der Waals surface area contributed by atoms with Crippen molar-refractivity contribution >= 4 is 17.5 Å². The zero-order valence-electron chi connectivity index (χ0n) is 18.4. The highest BCUT2D eigenvalue weighted by Crippen LogP contribution is 2.31. The minimum absolute atomic E-state index is 0.0857. The first-order chi connectivity index (χ1) is 16.8. The SMILES string of the molecule is O=C(Nc1ccc(C2OCC(=O)N(Cc3cccnc3)C2CO)cc1)c1ccc(C(F)(F)F)cc1. The summed E-state index contributed by atoms with van der Waals surface area (Å²) in [7, 11) is 0. The number of hydrogen-bond donors (Lipinski definition) is 2. The summed E-state index contributed by atoms with van der Waals surface area (Å²) in [6.45, 7) is -0.185. The molecule has 7 nitrogen and oxygen atoms in total. The summed E-state index contributed by atoms with van der Waals surface area (Å²) in [5.74, 6) is -0.800. The van der Waals surface area contributed by atoms with Crippen molar-refractivity contribution < 1.29 is 32.6 Å². The zero-order valence-corrected chi connectivity index (χ0v) is 18.4. The average Bonchev–Trinajstić information content (AvgIpc) is 2.86. The minimum Gasteiger partial charge on any atom is -0.394 e. The molecule has 0 saturated carbocycles. The van der Waals surface area contributed by atoms with Gasteiger partial charge in [-0.1, -0.05) is 18.2 Å². The number of aliphatic hydroxyl groups is 1. The van der Waals surface area contributed by atoms with E-state index in [2.05, 4.69) is 10.3 Å². The zero-order chi connectivity index (χ0) is 25.0. The maximum absolute atomic E-state index is 12.7. The highest BCUT2D eigenvalue weighted by molar-refractivity contribution is 6.04. The lowest BCUT2D eigenvalue weighted by atomic mass is 9.98. The molecule has 3 aromatic rings. The van der Waals surface area contributed by atoms with E-state index >= 15 is 0 Å². The van der Waals surface area contributed by atoms with Gasteiger partial charge in [0.05, 0.1) is 18.2 Å². The third-order valence-electron chi connectivity index (χ3n) is 5.69. The Bertz CT molecular complexity index is 1170. The first-order valence-corrected chi connectivity index (χ1v) is 10.8. The molecule has 1 aromatic heterocycles. The molecule has 0 spiro atoms. The number of carbonyl (C=O) groups excluding carboxylic acids is 2. The van der Waals surface area contributed by atoms with Crippen molar-refractivity contribution in [2.45, 2.75) is 24.9 Å². The third kappa shape index (κ3) is 5.67. The van der Waals surface area contributed by atoms with Crippen molar-refractivity contribution in [1.82, 2.24) is 9.88 Å². The number of rotatable bonds is 6. The van der Waals surface area contributed by atoms with E-state index in [-0.39, 0.29) is 31.2 Å². The fraction of sp³-hybridized carbons (Fsp3) is 0.240. The first-order valence-electron chi connectivity index (χ1n) is 10.8. The number of benzene rings is 2. The summed E-state index contributed by atoms with van der Waals surface area (Å²) in [6.07, 6.45) is -1.78. The van der Waals surface area contributed by atoms with Gasteiger partial charge in [0.25, 0.3) is 5.91 Å². The maximum Gasteiger partial charge on any atom is 0.416 e.